The Morgan fingerprint density at radius 2 is 1.29 bits per heavy atom. The van der Waals surface area contributed by atoms with Gasteiger partial charge in [-0.2, -0.15) is 0 Å². The molecule has 0 aliphatic rings. The number of amides is 3. The highest BCUT2D eigenvalue weighted by Crippen LogP contribution is 2.32. The van der Waals surface area contributed by atoms with Crippen LogP contribution in [0.2, 0.25) is 0 Å². The van der Waals surface area contributed by atoms with Crippen molar-refractivity contribution < 1.29 is 38.9 Å². The van der Waals surface area contributed by atoms with Crippen LogP contribution in [-0.2, 0) is 36.7 Å². The zero-order valence-corrected chi connectivity index (χ0v) is 28.9. The summed E-state index contributed by atoms with van der Waals surface area (Å²) in [5.41, 5.74) is 0.268. The number of nitrogens with zero attached hydrogens (tertiary/aromatic N) is 1. The van der Waals surface area contributed by atoms with E-state index in [-0.39, 0.29) is 29.9 Å². The fourth-order valence-electron chi connectivity index (χ4n) is 4.99. The number of esters is 1. The van der Waals surface area contributed by atoms with Gasteiger partial charge >= 0.3 is 12.1 Å². The zero-order chi connectivity index (χ0) is 35.8. The first-order valence-corrected chi connectivity index (χ1v) is 15.7. The quantitative estimate of drug-likeness (QED) is 0.207. The summed E-state index contributed by atoms with van der Waals surface area (Å²) in [4.78, 5) is 56.0. The van der Waals surface area contributed by atoms with Crippen LogP contribution in [0.4, 0.5) is 4.79 Å². The molecule has 3 unspecified atom stereocenters. The summed E-state index contributed by atoms with van der Waals surface area (Å²) in [6.45, 7) is 11.9. The predicted octanol–water partition coefficient (Wildman–Crippen LogP) is 5.11. The molecule has 4 N–H and O–H groups in total. The minimum Gasteiger partial charge on any atom is -0.508 e. The lowest BCUT2D eigenvalue weighted by Crippen LogP contribution is -2.54. The lowest BCUT2D eigenvalue weighted by molar-refractivity contribution is -0.159. The number of para-hydroxylation sites is 1. The standard InChI is InChI=1S/C37H47N3O8/c1-23-13-12-16-27(31(23)42)30(32(43)38-29(34(45)47-36(2,3)4)22-24-14-10-9-11-15-24)40(8)33(44)28(39-35(46)48-37(5,6)7)21-25-17-19-26(41)20-18-25/h9-20,28-30,41-42H,21-22H2,1-8H3,(H,38,43)(H,39,46). The largest absolute Gasteiger partial charge is 0.508 e. The number of rotatable bonds is 11. The maximum atomic E-state index is 14.3. The predicted molar refractivity (Wildman–Crippen MR) is 181 cm³/mol. The molecule has 48 heavy (non-hydrogen) atoms. The minimum atomic E-state index is -1.43. The number of carbonyl (C=O) groups excluding carboxylic acids is 4. The highest BCUT2D eigenvalue weighted by molar-refractivity contribution is 5.94. The van der Waals surface area contributed by atoms with E-state index in [9.17, 15) is 29.4 Å². The summed E-state index contributed by atoms with van der Waals surface area (Å²) >= 11 is 0. The van der Waals surface area contributed by atoms with Crippen LogP contribution >= 0.6 is 0 Å². The molecule has 0 aliphatic heterocycles. The van der Waals surface area contributed by atoms with E-state index in [0.717, 1.165) is 10.5 Å². The van der Waals surface area contributed by atoms with Crippen LogP contribution in [-0.4, -0.2) is 69.3 Å². The Labute approximate surface area is 282 Å². The summed E-state index contributed by atoms with van der Waals surface area (Å²) in [6.07, 6.45) is -0.749. The van der Waals surface area contributed by atoms with Crippen LogP contribution in [0.3, 0.4) is 0 Å². The van der Waals surface area contributed by atoms with Gasteiger partial charge in [0.15, 0.2) is 0 Å². The Morgan fingerprint density at radius 1 is 0.729 bits per heavy atom. The topological polar surface area (TPSA) is 154 Å². The van der Waals surface area contributed by atoms with Crippen LogP contribution in [0.5, 0.6) is 11.5 Å². The zero-order valence-electron chi connectivity index (χ0n) is 28.9. The number of ether oxygens (including phenoxy) is 2. The van der Waals surface area contributed by atoms with Crippen molar-refractivity contribution in [2.75, 3.05) is 7.05 Å². The molecule has 3 atom stereocenters. The average molecular weight is 662 g/mol. The molecule has 3 aromatic carbocycles. The Balaban J connectivity index is 2.04. The summed E-state index contributed by atoms with van der Waals surface area (Å²) in [5, 5.41) is 26.3. The second-order valence-electron chi connectivity index (χ2n) is 13.7. The van der Waals surface area contributed by atoms with Gasteiger partial charge in [0.05, 0.1) is 0 Å². The van der Waals surface area contributed by atoms with Crippen LogP contribution in [0.1, 0.15) is 69.8 Å². The molecule has 0 saturated carbocycles. The fraction of sp³-hybridized carbons (Fsp3) is 0.405. The average Bonchev–Trinajstić information content (AvgIpc) is 2.98. The molecule has 0 aromatic heterocycles. The third kappa shape index (κ3) is 11.0. The number of nitrogens with one attached hydrogen (secondary N) is 2. The van der Waals surface area contributed by atoms with Crippen LogP contribution < -0.4 is 10.6 Å². The van der Waals surface area contributed by atoms with Crippen molar-refractivity contribution in [3.63, 3.8) is 0 Å². The summed E-state index contributed by atoms with van der Waals surface area (Å²) < 4.78 is 11.1. The molecule has 0 aliphatic carbocycles. The van der Waals surface area contributed by atoms with Gasteiger partial charge in [-0.15, -0.1) is 0 Å². The normalized spacial score (nSPS) is 13.4. The highest BCUT2D eigenvalue weighted by Gasteiger charge is 2.38. The van der Waals surface area contributed by atoms with Gasteiger partial charge < -0.3 is 35.2 Å². The Bertz CT molecular complexity index is 1580. The second kappa shape index (κ2) is 15.7. The first-order valence-electron chi connectivity index (χ1n) is 15.7. The minimum absolute atomic E-state index is 0.00856. The third-order valence-corrected chi connectivity index (χ3v) is 7.20. The van der Waals surface area contributed by atoms with Gasteiger partial charge in [-0.25, -0.2) is 9.59 Å². The van der Waals surface area contributed by atoms with Crippen LogP contribution in [0.15, 0.2) is 72.8 Å². The lowest BCUT2D eigenvalue weighted by Gasteiger charge is -2.33. The maximum Gasteiger partial charge on any atom is 0.408 e. The Hall–Kier alpha value is -5.06. The Kier molecular flexibility index (Phi) is 12.2. The molecule has 3 aromatic rings. The van der Waals surface area contributed by atoms with Crippen molar-refractivity contribution in [3.8, 4) is 11.5 Å². The molecule has 0 spiro atoms. The first-order chi connectivity index (χ1) is 22.3. The number of aromatic hydroxyl groups is 2. The SMILES string of the molecule is Cc1cccc(C(C(=O)NC(Cc2ccccc2)C(=O)OC(C)(C)C)N(C)C(=O)C(Cc2ccc(O)cc2)NC(=O)OC(C)(C)C)c1O. The van der Waals surface area contributed by atoms with Gasteiger partial charge in [-0.3, -0.25) is 9.59 Å². The number of phenolic OH excluding ortho intramolecular Hbond substituents is 2. The molecular formula is C37H47N3O8. The van der Waals surface area contributed by atoms with E-state index in [1.165, 1.54) is 25.2 Å². The number of phenols is 2. The van der Waals surface area contributed by atoms with Gasteiger partial charge in [0.2, 0.25) is 11.8 Å². The molecular weight excluding hydrogens is 614 g/mol. The number of benzene rings is 3. The molecule has 258 valence electrons. The van der Waals surface area contributed by atoms with Crippen molar-refractivity contribution in [1.82, 2.24) is 15.5 Å². The van der Waals surface area contributed by atoms with E-state index in [1.807, 2.05) is 30.3 Å². The van der Waals surface area contributed by atoms with E-state index < -0.39 is 53.2 Å². The molecule has 0 heterocycles. The van der Waals surface area contributed by atoms with E-state index in [4.69, 9.17) is 9.47 Å². The van der Waals surface area contributed by atoms with Gasteiger partial charge in [0.1, 0.15) is 40.8 Å². The summed E-state index contributed by atoms with van der Waals surface area (Å²) in [7, 11) is 1.38. The van der Waals surface area contributed by atoms with E-state index >= 15 is 0 Å². The van der Waals surface area contributed by atoms with Crippen molar-refractivity contribution in [3.05, 3.63) is 95.1 Å². The van der Waals surface area contributed by atoms with Gasteiger partial charge in [0, 0.05) is 25.5 Å². The number of alkyl carbamates (subject to hydrolysis) is 1. The molecule has 0 bridgehead atoms. The van der Waals surface area contributed by atoms with Gasteiger partial charge in [-0.1, -0.05) is 60.7 Å². The van der Waals surface area contributed by atoms with Crippen molar-refractivity contribution in [1.29, 1.82) is 0 Å². The number of hydrogen-bond donors (Lipinski definition) is 4. The molecule has 0 fully saturated rings. The van der Waals surface area contributed by atoms with E-state index in [0.29, 0.717) is 11.1 Å². The van der Waals surface area contributed by atoms with Crippen LogP contribution in [0, 0.1) is 6.92 Å². The first kappa shape index (κ1) is 37.4. The van der Waals surface area contributed by atoms with Crippen LogP contribution in [0.25, 0.3) is 0 Å². The number of likely N-dealkylation sites (N-methyl/N-ethyl adjacent to an activating group) is 1. The molecule has 11 heteroatoms. The van der Waals surface area contributed by atoms with Crippen molar-refractivity contribution in [2.45, 2.75) is 90.6 Å². The third-order valence-electron chi connectivity index (χ3n) is 7.20. The smallest absolute Gasteiger partial charge is 0.408 e. The molecule has 3 amide bonds. The number of hydrogen-bond acceptors (Lipinski definition) is 8. The second-order valence-corrected chi connectivity index (χ2v) is 13.7. The Morgan fingerprint density at radius 3 is 1.88 bits per heavy atom. The number of carbonyl (C=O) groups is 4. The highest BCUT2D eigenvalue weighted by atomic mass is 16.6. The van der Waals surface area contributed by atoms with Crippen molar-refractivity contribution in [2.24, 2.45) is 0 Å². The fourth-order valence-corrected chi connectivity index (χ4v) is 4.99. The van der Waals surface area contributed by atoms with E-state index in [1.54, 1.807) is 72.7 Å². The molecule has 11 nitrogen and oxygen atoms in total. The monoisotopic (exact) mass is 661 g/mol. The maximum absolute atomic E-state index is 14.3. The van der Waals surface area contributed by atoms with Crippen molar-refractivity contribution >= 4 is 23.9 Å². The molecule has 0 radical (unpaired) electrons. The summed E-state index contributed by atoms with van der Waals surface area (Å²) in [6, 6.07) is 16.3. The number of aryl methyl sites for hydroxylation is 1. The van der Waals surface area contributed by atoms with Gasteiger partial charge in [-0.05, 0) is 77.3 Å². The molecule has 3 rings (SSSR count). The van der Waals surface area contributed by atoms with E-state index in [2.05, 4.69) is 10.6 Å². The van der Waals surface area contributed by atoms with Gasteiger partial charge in [0.25, 0.3) is 0 Å². The molecule has 0 saturated heterocycles. The summed E-state index contributed by atoms with van der Waals surface area (Å²) in [5.74, 6) is -2.27. The lowest BCUT2D eigenvalue weighted by atomic mass is 9.97.